The van der Waals surface area contributed by atoms with Crippen molar-refractivity contribution in [2.24, 2.45) is 0 Å². The molecule has 0 N–H and O–H groups in total. The van der Waals surface area contributed by atoms with Crippen molar-refractivity contribution in [1.82, 2.24) is 0 Å². The van der Waals surface area contributed by atoms with E-state index in [1.165, 1.54) is 6.07 Å². The molecule has 0 atom stereocenters. The first kappa shape index (κ1) is 13.9. The van der Waals surface area contributed by atoms with Gasteiger partial charge in [-0.1, -0.05) is 18.2 Å². The van der Waals surface area contributed by atoms with Gasteiger partial charge in [-0.25, -0.2) is 4.39 Å². The van der Waals surface area contributed by atoms with Crippen LogP contribution in [0.3, 0.4) is 0 Å². The Kier molecular flexibility index (Phi) is 4.21. The molecule has 0 aliphatic rings. The number of methoxy groups -OCH3 is 1. The van der Waals surface area contributed by atoms with Gasteiger partial charge in [0.05, 0.1) is 18.4 Å². The number of nitriles is 1. The molecule has 0 unspecified atom stereocenters. The highest BCUT2D eigenvalue weighted by molar-refractivity contribution is 5.58. The lowest BCUT2D eigenvalue weighted by Crippen LogP contribution is -2.17. The molecular weight excluding hydrogens is 255 g/mol. The van der Waals surface area contributed by atoms with E-state index < -0.39 is 5.82 Å². The molecule has 0 aliphatic heterocycles. The zero-order valence-corrected chi connectivity index (χ0v) is 11.4. The fourth-order valence-electron chi connectivity index (χ4n) is 2.06. The van der Waals surface area contributed by atoms with E-state index in [2.05, 4.69) is 0 Å². The standard InChI is InChI=1S/C16H15FN2O/c1-19(15-5-3-4-6-16(15)20-2)11-12-7-8-14(17)13(9-12)10-18/h3-9H,11H2,1-2H3. The Balaban J connectivity index is 2.24. The zero-order valence-electron chi connectivity index (χ0n) is 11.4. The number of anilines is 1. The van der Waals surface area contributed by atoms with Crippen molar-refractivity contribution in [3.05, 3.63) is 59.4 Å². The number of hydrogen-bond donors (Lipinski definition) is 0. The van der Waals surface area contributed by atoms with Crippen LogP contribution in [0.2, 0.25) is 0 Å². The van der Waals surface area contributed by atoms with Crippen molar-refractivity contribution in [3.63, 3.8) is 0 Å². The van der Waals surface area contributed by atoms with Crippen LogP contribution in [0.25, 0.3) is 0 Å². The van der Waals surface area contributed by atoms with Crippen LogP contribution in [0, 0.1) is 17.1 Å². The Morgan fingerprint density at radius 1 is 1.25 bits per heavy atom. The molecule has 3 nitrogen and oxygen atoms in total. The Morgan fingerprint density at radius 2 is 2.00 bits per heavy atom. The summed E-state index contributed by atoms with van der Waals surface area (Å²) in [5, 5.41) is 8.85. The SMILES string of the molecule is COc1ccccc1N(C)Cc1ccc(F)c(C#N)c1. The molecule has 0 radical (unpaired) electrons. The van der Waals surface area contributed by atoms with E-state index in [1.54, 1.807) is 19.2 Å². The molecule has 20 heavy (non-hydrogen) atoms. The number of halogens is 1. The maximum absolute atomic E-state index is 13.3. The van der Waals surface area contributed by atoms with E-state index in [0.717, 1.165) is 17.0 Å². The second kappa shape index (κ2) is 6.07. The lowest BCUT2D eigenvalue weighted by molar-refractivity contribution is 0.415. The number of benzene rings is 2. The van der Waals surface area contributed by atoms with Gasteiger partial charge in [0.1, 0.15) is 17.6 Å². The summed E-state index contributed by atoms with van der Waals surface area (Å²) < 4.78 is 18.6. The molecule has 0 saturated carbocycles. The van der Waals surface area contributed by atoms with Gasteiger partial charge in [0.15, 0.2) is 0 Å². The first-order valence-electron chi connectivity index (χ1n) is 6.18. The number of nitrogens with zero attached hydrogens (tertiary/aromatic N) is 2. The molecule has 0 aromatic heterocycles. The molecule has 0 saturated heterocycles. The monoisotopic (exact) mass is 270 g/mol. The molecule has 2 aromatic carbocycles. The van der Waals surface area contributed by atoms with Crippen LogP contribution in [-0.2, 0) is 6.54 Å². The molecule has 4 heteroatoms. The largest absolute Gasteiger partial charge is 0.495 e. The maximum Gasteiger partial charge on any atom is 0.142 e. The second-order valence-electron chi connectivity index (χ2n) is 4.45. The third-order valence-electron chi connectivity index (χ3n) is 3.07. The first-order valence-corrected chi connectivity index (χ1v) is 6.18. The summed E-state index contributed by atoms with van der Waals surface area (Å²) in [7, 11) is 3.55. The van der Waals surface area contributed by atoms with Gasteiger partial charge in [-0.15, -0.1) is 0 Å². The van der Waals surface area contributed by atoms with Gasteiger partial charge in [-0.2, -0.15) is 5.26 Å². The highest BCUT2D eigenvalue weighted by Gasteiger charge is 2.09. The quantitative estimate of drug-likeness (QED) is 0.855. The highest BCUT2D eigenvalue weighted by atomic mass is 19.1. The number of rotatable bonds is 4. The fraction of sp³-hybridized carbons (Fsp3) is 0.188. The third kappa shape index (κ3) is 2.89. The molecule has 0 amide bonds. The van der Waals surface area contributed by atoms with E-state index in [1.807, 2.05) is 42.3 Å². The van der Waals surface area contributed by atoms with E-state index in [0.29, 0.717) is 6.54 Å². The van der Waals surface area contributed by atoms with Crippen LogP contribution in [0.15, 0.2) is 42.5 Å². The second-order valence-corrected chi connectivity index (χ2v) is 4.45. The molecule has 0 spiro atoms. The van der Waals surface area contributed by atoms with E-state index in [9.17, 15) is 4.39 Å². The average molecular weight is 270 g/mol. The van der Waals surface area contributed by atoms with Crippen LogP contribution in [0.1, 0.15) is 11.1 Å². The van der Waals surface area contributed by atoms with Gasteiger partial charge in [-0.05, 0) is 29.8 Å². The van der Waals surface area contributed by atoms with Crippen molar-refractivity contribution in [2.75, 3.05) is 19.1 Å². The molecule has 0 heterocycles. The normalized spacial score (nSPS) is 9.90. The highest BCUT2D eigenvalue weighted by Crippen LogP contribution is 2.27. The van der Waals surface area contributed by atoms with E-state index in [4.69, 9.17) is 10.00 Å². The minimum atomic E-state index is -0.490. The smallest absolute Gasteiger partial charge is 0.142 e. The van der Waals surface area contributed by atoms with Crippen molar-refractivity contribution >= 4 is 5.69 Å². The van der Waals surface area contributed by atoms with E-state index >= 15 is 0 Å². The van der Waals surface area contributed by atoms with Gasteiger partial charge < -0.3 is 9.64 Å². The van der Waals surface area contributed by atoms with Gasteiger partial charge in [0, 0.05) is 13.6 Å². The summed E-state index contributed by atoms with van der Waals surface area (Å²) in [6.07, 6.45) is 0. The Morgan fingerprint density at radius 3 is 2.70 bits per heavy atom. The molecule has 2 rings (SSSR count). The summed E-state index contributed by atoms with van der Waals surface area (Å²) in [4.78, 5) is 1.99. The fourth-order valence-corrected chi connectivity index (χ4v) is 2.06. The van der Waals surface area contributed by atoms with Crippen LogP contribution in [0.5, 0.6) is 5.75 Å². The van der Waals surface area contributed by atoms with Gasteiger partial charge >= 0.3 is 0 Å². The molecule has 0 aliphatic carbocycles. The predicted molar refractivity (Wildman–Crippen MR) is 76.2 cm³/mol. The van der Waals surface area contributed by atoms with Crippen molar-refractivity contribution in [2.45, 2.75) is 6.54 Å². The summed E-state index contributed by atoms with van der Waals surface area (Å²) in [5.74, 6) is 0.286. The molecule has 2 aromatic rings. The number of hydrogen-bond acceptors (Lipinski definition) is 3. The lowest BCUT2D eigenvalue weighted by atomic mass is 10.1. The summed E-state index contributed by atoms with van der Waals surface area (Å²) >= 11 is 0. The zero-order chi connectivity index (χ0) is 14.5. The van der Waals surface area contributed by atoms with Crippen molar-refractivity contribution < 1.29 is 9.13 Å². The topological polar surface area (TPSA) is 36.3 Å². The molecule has 0 bridgehead atoms. The van der Waals surface area contributed by atoms with Crippen molar-refractivity contribution in [3.8, 4) is 11.8 Å². The third-order valence-corrected chi connectivity index (χ3v) is 3.07. The first-order chi connectivity index (χ1) is 9.65. The minimum absolute atomic E-state index is 0.0657. The predicted octanol–water partition coefficient (Wildman–Crippen LogP) is 3.34. The molecule has 102 valence electrons. The lowest BCUT2D eigenvalue weighted by Gasteiger charge is -2.21. The Hall–Kier alpha value is -2.54. The summed E-state index contributed by atoms with van der Waals surface area (Å²) in [5.41, 5.74) is 1.88. The van der Waals surface area contributed by atoms with Gasteiger partial charge in [0.25, 0.3) is 0 Å². The molecule has 0 fully saturated rings. The average Bonchev–Trinajstić information content (AvgIpc) is 2.49. The van der Waals surface area contributed by atoms with Crippen LogP contribution in [-0.4, -0.2) is 14.2 Å². The number of para-hydroxylation sites is 2. The van der Waals surface area contributed by atoms with Crippen LogP contribution in [0.4, 0.5) is 10.1 Å². The Labute approximate surface area is 117 Å². The summed E-state index contributed by atoms with van der Waals surface area (Å²) in [6, 6.07) is 14.1. The minimum Gasteiger partial charge on any atom is -0.495 e. The van der Waals surface area contributed by atoms with Gasteiger partial charge in [-0.3, -0.25) is 0 Å². The molecular formula is C16H15FN2O. The van der Waals surface area contributed by atoms with Crippen LogP contribution >= 0.6 is 0 Å². The van der Waals surface area contributed by atoms with E-state index in [-0.39, 0.29) is 5.56 Å². The van der Waals surface area contributed by atoms with Gasteiger partial charge in [0.2, 0.25) is 0 Å². The number of ether oxygens (including phenoxy) is 1. The summed E-state index contributed by atoms with van der Waals surface area (Å²) in [6.45, 7) is 0.565. The Bertz CT molecular complexity index is 649. The van der Waals surface area contributed by atoms with Crippen LogP contribution < -0.4 is 9.64 Å². The van der Waals surface area contributed by atoms with Crippen molar-refractivity contribution in [1.29, 1.82) is 5.26 Å². The maximum atomic E-state index is 13.3.